The average molecular weight is 354 g/mol. The number of allylic oxidation sites excluding steroid dienone is 6. The highest BCUT2D eigenvalue weighted by molar-refractivity contribution is 5.67. The summed E-state index contributed by atoms with van der Waals surface area (Å²) in [6.07, 6.45) is 8.23. The Kier molecular flexibility index (Phi) is 4.27. The number of nitriles is 1. The molecule has 0 saturated carbocycles. The molecule has 1 heterocycles. The topological polar surface area (TPSA) is 68.3 Å². The fourth-order valence-corrected chi connectivity index (χ4v) is 3.42. The molecule has 0 bridgehead atoms. The molecule has 0 saturated heterocycles. The molecule has 132 valence electrons. The number of para-hydroxylation sites is 1. The molecule has 2 aliphatic rings. The molecule has 4 nitrogen and oxygen atoms in total. The standard InChI is InChI=1S/C23H18N2O2/c1-26-18-6-4-5-15(13-18)11-16-9-10-17(12-16)22-19-7-2-3-8-21(19)27-23(25)20(22)14-24/h2-13,22H,25H2,1H3/b16-11+. The van der Waals surface area contributed by atoms with Gasteiger partial charge in [-0.2, -0.15) is 5.26 Å². The highest BCUT2D eigenvalue weighted by Gasteiger charge is 2.31. The van der Waals surface area contributed by atoms with E-state index in [9.17, 15) is 5.26 Å². The minimum atomic E-state index is -0.229. The molecule has 2 aromatic carbocycles. The van der Waals surface area contributed by atoms with Crippen molar-refractivity contribution in [3.05, 3.63) is 100 Å². The van der Waals surface area contributed by atoms with Gasteiger partial charge in [0.05, 0.1) is 13.0 Å². The van der Waals surface area contributed by atoms with Gasteiger partial charge in [-0.25, -0.2) is 0 Å². The largest absolute Gasteiger partial charge is 0.497 e. The fourth-order valence-electron chi connectivity index (χ4n) is 3.42. The molecule has 0 aromatic heterocycles. The molecule has 1 unspecified atom stereocenters. The maximum atomic E-state index is 9.63. The van der Waals surface area contributed by atoms with Crippen LogP contribution in [0.15, 0.2) is 89.4 Å². The summed E-state index contributed by atoms with van der Waals surface area (Å²) in [6, 6.07) is 17.8. The van der Waals surface area contributed by atoms with E-state index >= 15 is 0 Å². The zero-order valence-electron chi connectivity index (χ0n) is 14.8. The van der Waals surface area contributed by atoms with Crippen LogP contribution >= 0.6 is 0 Å². The molecule has 0 radical (unpaired) electrons. The van der Waals surface area contributed by atoms with Gasteiger partial charge in [0, 0.05) is 5.56 Å². The van der Waals surface area contributed by atoms with Crippen molar-refractivity contribution in [2.24, 2.45) is 5.73 Å². The molecule has 1 aliphatic heterocycles. The van der Waals surface area contributed by atoms with E-state index in [-0.39, 0.29) is 11.8 Å². The minimum absolute atomic E-state index is 0.167. The lowest BCUT2D eigenvalue weighted by Gasteiger charge is -2.26. The van der Waals surface area contributed by atoms with E-state index in [1.165, 1.54) is 0 Å². The number of fused-ring (bicyclic) bond motifs is 1. The summed E-state index contributed by atoms with van der Waals surface area (Å²) >= 11 is 0. The van der Waals surface area contributed by atoms with Crippen molar-refractivity contribution in [2.45, 2.75) is 5.92 Å². The second-order valence-corrected chi connectivity index (χ2v) is 6.36. The highest BCUT2D eigenvalue weighted by atomic mass is 16.5. The first kappa shape index (κ1) is 16.7. The SMILES string of the molecule is COc1cccc(/C=C2\C=CC(C3C(C#N)=C(N)Oc4ccccc43)=C2)c1. The molecular weight excluding hydrogens is 336 g/mol. The van der Waals surface area contributed by atoms with E-state index in [4.69, 9.17) is 15.2 Å². The van der Waals surface area contributed by atoms with Gasteiger partial charge in [-0.15, -0.1) is 0 Å². The Balaban J connectivity index is 1.74. The maximum Gasteiger partial charge on any atom is 0.205 e. The molecule has 1 atom stereocenters. The second-order valence-electron chi connectivity index (χ2n) is 6.36. The van der Waals surface area contributed by atoms with Crippen LogP contribution in [0.25, 0.3) is 6.08 Å². The van der Waals surface area contributed by atoms with Gasteiger partial charge in [-0.3, -0.25) is 0 Å². The Bertz CT molecular complexity index is 1070. The number of benzene rings is 2. The van der Waals surface area contributed by atoms with Crippen LogP contribution in [0.3, 0.4) is 0 Å². The van der Waals surface area contributed by atoms with E-state index in [0.29, 0.717) is 11.3 Å². The third-order valence-corrected chi connectivity index (χ3v) is 4.69. The lowest BCUT2D eigenvalue weighted by atomic mass is 9.83. The van der Waals surface area contributed by atoms with Gasteiger partial charge < -0.3 is 15.2 Å². The molecular formula is C23H18N2O2. The lowest BCUT2D eigenvalue weighted by Crippen LogP contribution is -2.20. The second kappa shape index (κ2) is 6.89. The molecule has 0 fully saturated rings. The van der Waals surface area contributed by atoms with Crippen molar-refractivity contribution < 1.29 is 9.47 Å². The highest BCUT2D eigenvalue weighted by Crippen LogP contribution is 2.44. The Morgan fingerprint density at radius 2 is 2.00 bits per heavy atom. The molecule has 27 heavy (non-hydrogen) atoms. The van der Waals surface area contributed by atoms with Crippen molar-refractivity contribution in [1.29, 1.82) is 5.26 Å². The van der Waals surface area contributed by atoms with Crippen molar-refractivity contribution in [2.75, 3.05) is 7.11 Å². The predicted molar refractivity (Wildman–Crippen MR) is 105 cm³/mol. The number of methoxy groups -OCH3 is 1. The number of rotatable bonds is 3. The molecule has 4 heteroatoms. The Morgan fingerprint density at radius 1 is 1.15 bits per heavy atom. The summed E-state index contributed by atoms with van der Waals surface area (Å²) in [6.45, 7) is 0. The Hall–Kier alpha value is -3.71. The minimum Gasteiger partial charge on any atom is -0.497 e. The summed E-state index contributed by atoms with van der Waals surface area (Å²) in [5, 5.41) is 9.63. The van der Waals surface area contributed by atoms with Crippen LogP contribution in [-0.4, -0.2) is 7.11 Å². The number of nitrogens with zero attached hydrogens (tertiary/aromatic N) is 1. The molecule has 2 N–H and O–H groups in total. The zero-order chi connectivity index (χ0) is 18.8. The van der Waals surface area contributed by atoms with E-state index in [1.807, 2.05) is 60.7 Å². The van der Waals surface area contributed by atoms with Gasteiger partial charge in [0.15, 0.2) is 0 Å². The lowest BCUT2D eigenvalue weighted by molar-refractivity contribution is 0.393. The number of nitrogens with two attached hydrogens (primary N) is 1. The molecule has 0 amide bonds. The predicted octanol–water partition coefficient (Wildman–Crippen LogP) is 4.44. The summed E-state index contributed by atoms with van der Waals surface area (Å²) < 4.78 is 10.9. The molecule has 1 aliphatic carbocycles. The smallest absolute Gasteiger partial charge is 0.205 e. The van der Waals surface area contributed by atoms with Crippen molar-refractivity contribution in [1.82, 2.24) is 0 Å². The molecule has 0 spiro atoms. The van der Waals surface area contributed by atoms with Crippen molar-refractivity contribution in [3.8, 4) is 17.6 Å². The van der Waals surface area contributed by atoms with E-state index in [0.717, 1.165) is 28.0 Å². The summed E-state index contributed by atoms with van der Waals surface area (Å²) in [7, 11) is 1.66. The summed E-state index contributed by atoms with van der Waals surface area (Å²) in [5.41, 5.74) is 10.5. The first-order valence-corrected chi connectivity index (χ1v) is 8.61. The van der Waals surface area contributed by atoms with Crippen LogP contribution in [0.1, 0.15) is 17.0 Å². The summed E-state index contributed by atoms with van der Waals surface area (Å²) in [5.74, 6) is 1.45. The van der Waals surface area contributed by atoms with E-state index in [2.05, 4.69) is 18.2 Å². The van der Waals surface area contributed by atoms with Gasteiger partial charge in [-0.05, 0) is 41.0 Å². The monoisotopic (exact) mass is 354 g/mol. The van der Waals surface area contributed by atoms with Crippen LogP contribution in [0.2, 0.25) is 0 Å². The average Bonchev–Trinajstić information content (AvgIpc) is 3.15. The summed E-state index contributed by atoms with van der Waals surface area (Å²) in [4.78, 5) is 0. The number of hydrogen-bond acceptors (Lipinski definition) is 4. The van der Waals surface area contributed by atoms with Crippen LogP contribution in [-0.2, 0) is 0 Å². The normalized spacial score (nSPS) is 19.3. The van der Waals surface area contributed by atoms with Crippen LogP contribution in [0.5, 0.6) is 11.5 Å². The van der Waals surface area contributed by atoms with E-state index in [1.54, 1.807) is 7.11 Å². The quantitative estimate of drug-likeness (QED) is 0.884. The van der Waals surface area contributed by atoms with Crippen molar-refractivity contribution >= 4 is 6.08 Å². The third-order valence-electron chi connectivity index (χ3n) is 4.69. The zero-order valence-corrected chi connectivity index (χ0v) is 14.8. The first-order chi connectivity index (χ1) is 13.2. The van der Waals surface area contributed by atoms with Crippen molar-refractivity contribution in [3.63, 3.8) is 0 Å². The van der Waals surface area contributed by atoms with Crippen LogP contribution < -0.4 is 15.2 Å². The number of ether oxygens (including phenoxy) is 2. The van der Waals surface area contributed by atoms with Gasteiger partial charge in [0.2, 0.25) is 5.88 Å². The number of hydrogen-bond donors (Lipinski definition) is 1. The van der Waals surface area contributed by atoms with Gasteiger partial charge in [0.1, 0.15) is 23.1 Å². The molecule has 4 rings (SSSR count). The third kappa shape index (κ3) is 3.11. The van der Waals surface area contributed by atoms with Gasteiger partial charge in [-0.1, -0.05) is 48.6 Å². The van der Waals surface area contributed by atoms with Gasteiger partial charge in [0.25, 0.3) is 0 Å². The first-order valence-electron chi connectivity index (χ1n) is 8.61. The maximum absolute atomic E-state index is 9.63. The van der Waals surface area contributed by atoms with E-state index < -0.39 is 0 Å². The molecule has 2 aromatic rings. The Labute approximate surface area is 158 Å². The van der Waals surface area contributed by atoms with Gasteiger partial charge >= 0.3 is 0 Å². The van der Waals surface area contributed by atoms with Crippen LogP contribution in [0, 0.1) is 11.3 Å². The fraction of sp³-hybridized carbons (Fsp3) is 0.0870. The van der Waals surface area contributed by atoms with Crippen LogP contribution in [0.4, 0.5) is 0 Å². The Morgan fingerprint density at radius 3 is 2.81 bits per heavy atom.